The van der Waals surface area contributed by atoms with Crippen LogP contribution in [0, 0.1) is 0 Å². The second kappa shape index (κ2) is 14.2. The summed E-state index contributed by atoms with van der Waals surface area (Å²) < 4.78 is 8.67. The van der Waals surface area contributed by atoms with Gasteiger partial charge in [0.15, 0.2) is 0 Å². The first-order valence-electron chi connectivity index (χ1n) is 21.5. The molecule has 5 heteroatoms. The van der Waals surface area contributed by atoms with Crippen LogP contribution in [0.1, 0.15) is 25.0 Å². The standard InChI is InChI=1S/C58H41N3O2/c1-58(2)49-36-43(59(40-15-5-3-6-16-40)41-17-7-4-8-18-41)30-33-53(49)60(54-34-31-44(37-50(54)58)61-51-22-12-9-19-45(51)46-20-10-13-23-52(46)61)42-28-25-38(26-29-42)39-27-32-48-56(35-39)63-55-24-14-11-21-47(55)57(48)62/h3-37H,1-2H3. The van der Waals surface area contributed by atoms with Crippen LogP contribution < -0.4 is 15.2 Å². The molecule has 0 aliphatic carbocycles. The molecule has 0 saturated carbocycles. The summed E-state index contributed by atoms with van der Waals surface area (Å²) in [5.41, 5.74) is 15.4. The summed E-state index contributed by atoms with van der Waals surface area (Å²) in [4.78, 5) is 18.1. The third kappa shape index (κ3) is 5.81. The van der Waals surface area contributed by atoms with Crippen molar-refractivity contribution in [3.8, 4) is 16.8 Å². The first-order valence-corrected chi connectivity index (χ1v) is 21.5. The second-order valence-corrected chi connectivity index (χ2v) is 16.9. The van der Waals surface area contributed by atoms with Crippen molar-refractivity contribution in [2.75, 3.05) is 9.80 Å². The van der Waals surface area contributed by atoms with Gasteiger partial charge < -0.3 is 18.8 Å². The lowest BCUT2D eigenvalue weighted by atomic mass is 9.73. The predicted octanol–water partition coefficient (Wildman–Crippen LogP) is 15.3. The molecule has 2 aromatic heterocycles. The minimum Gasteiger partial charge on any atom is -0.456 e. The molecular formula is C58H41N3O2. The topological polar surface area (TPSA) is 41.6 Å². The first kappa shape index (κ1) is 36.7. The zero-order valence-electron chi connectivity index (χ0n) is 34.9. The molecule has 0 fully saturated rings. The summed E-state index contributed by atoms with van der Waals surface area (Å²) >= 11 is 0. The molecule has 0 atom stereocenters. The first-order chi connectivity index (χ1) is 30.9. The van der Waals surface area contributed by atoms with Gasteiger partial charge in [-0.3, -0.25) is 4.79 Å². The molecule has 5 nitrogen and oxygen atoms in total. The van der Waals surface area contributed by atoms with Gasteiger partial charge in [0.1, 0.15) is 11.2 Å². The Hall–Kier alpha value is -8.15. The lowest BCUT2D eigenvalue weighted by Crippen LogP contribution is -2.31. The number of rotatable bonds is 6. The maximum Gasteiger partial charge on any atom is 0.200 e. The van der Waals surface area contributed by atoms with E-state index in [1.807, 2.05) is 42.5 Å². The monoisotopic (exact) mass is 811 g/mol. The van der Waals surface area contributed by atoms with Crippen LogP contribution >= 0.6 is 0 Å². The molecule has 0 amide bonds. The molecule has 63 heavy (non-hydrogen) atoms. The largest absolute Gasteiger partial charge is 0.456 e. The van der Waals surface area contributed by atoms with Crippen molar-refractivity contribution in [2.24, 2.45) is 0 Å². The fraction of sp³-hybridized carbons (Fsp3) is 0.0517. The van der Waals surface area contributed by atoms with Crippen molar-refractivity contribution in [3.05, 3.63) is 234 Å². The Balaban J connectivity index is 1.03. The Kier molecular flexibility index (Phi) is 8.28. The Morgan fingerprint density at radius 2 is 0.952 bits per heavy atom. The third-order valence-electron chi connectivity index (χ3n) is 13.0. The molecule has 0 N–H and O–H groups in total. The minimum absolute atomic E-state index is 0.0146. The molecule has 0 radical (unpaired) electrons. The van der Waals surface area contributed by atoms with Crippen molar-refractivity contribution >= 4 is 77.9 Å². The number of hydrogen-bond acceptors (Lipinski definition) is 4. The summed E-state index contributed by atoms with van der Waals surface area (Å²) in [5.74, 6) is 0. The highest BCUT2D eigenvalue weighted by atomic mass is 16.3. The highest BCUT2D eigenvalue weighted by Crippen LogP contribution is 2.54. The second-order valence-electron chi connectivity index (χ2n) is 16.9. The van der Waals surface area contributed by atoms with Crippen LogP contribution in [-0.4, -0.2) is 4.57 Å². The van der Waals surface area contributed by atoms with Crippen LogP contribution in [0.15, 0.2) is 222 Å². The van der Waals surface area contributed by atoms with E-state index in [4.69, 9.17) is 4.42 Å². The molecule has 0 spiro atoms. The number of anilines is 6. The van der Waals surface area contributed by atoms with Crippen molar-refractivity contribution in [2.45, 2.75) is 19.3 Å². The van der Waals surface area contributed by atoms with Crippen molar-refractivity contribution in [3.63, 3.8) is 0 Å². The summed E-state index contributed by atoms with van der Waals surface area (Å²) in [7, 11) is 0. The van der Waals surface area contributed by atoms with E-state index in [0.717, 1.165) is 50.9 Å². The molecule has 12 rings (SSSR count). The fourth-order valence-electron chi connectivity index (χ4n) is 9.86. The smallest absolute Gasteiger partial charge is 0.200 e. The molecular weight excluding hydrogens is 771 g/mol. The number of para-hydroxylation sites is 5. The van der Waals surface area contributed by atoms with Crippen molar-refractivity contribution in [1.29, 1.82) is 0 Å². The average Bonchev–Trinajstić information content (AvgIpc) is 3.67. The maximum absolute atomic E-state index is 13.3. The quantitative estimate of drug-likeness (QED) is 0.157. The van der Waals surface area contributed by atoms with E-state index in [-0.39, 0.29) is 10.8 Å². The van der Waals surface area contributed by atoms with Crippen LogP contribution in [0.5, 0.6) is 0 Å². The lowest BCUT2D eigenvalue weighted by molar-refractivity contribution is 0.631. The zero-order chi connectivity index (χ0) is 42.2. The SMILES string of the molecule is CC1(C)c2cc(N(c3ccccc3)c3ccccc3)ccc2N(c2ccc(-c3ccc4c(=O)c5ccccc5oc4c3)cc2)c2ccc(-n3c4ccccc4c4ccccc43)cc21. The summed E-state index contributed by atoms with van der Waals surface area (Å²) in [5, 5.41) is 3.65. The summed E-state index contributed by atoms with van der Waals surface area (Å²) in [6.45, 7) is 4.72. The van der Waals surface area contributed by atoms with E-state index < -0.39 is 0 Å². The van der Waals surface area contributed by atoms with E-state index in [1.165, 1.54) is 32.9 Å². The zero-order valence-corrected chi connectivity index (χ0v) is 34.9. The highest BCUT2D eigenvalue weighted by molar-refractivity contribution is 6.09. The number of fused-ring (bicyclic) bond motifs is 7. The van der Waals surface area contributed by atoms with E-state index in [1.54, 1.807) is 0 Å². The molecule has 11 aromatic rings. The van der Waals surface area contributed by atoms with Gasteiger partial charge in [0.2, 0.25) is 5.43 Å². The van der Waals surface area contributed by atoms with Gasteiger partial charge in [-0.15, -0.1) is 0 Å². The predicted molar refractivity (Wildman–Crippen MR) is 261 cm³/mol. The maximum atomic E-state index is 13.3. The van der Waals surface area contributed by atoms with Crippen LogP contribution in [0.25, 0.3) is 60.6 Å². The summed E-state index contributed by atoms with van der Waals surface area (Å²) in [6.07, 6.45) is 0. The van der Waals surface area contributed by atoms with E-state index in [0.29, 0.717) is 21.9 Å². The lowest BCUT2D eigenvalue weighted by Gasteiger charge is -2.43. The Morgan fingerprint density at radius 3 is 1.62 bits per heavy atom. The molecule has 0 saturated heterocycles. The van der Waals surface area contributed by atoms with Gasteiger partial charge in [0.05, 0.1) is 33.2 Å². The molecule has 1 aliphatic heterocycles. The number of nitrogens with zero attached hydrogens (tertiary/aromatic N) is 3. The van der Waals surface area contributed by atoms with Crippen LogP contribution in [0.2, 0.25) is 0 Å². The molecule has 3 heterocycles. The summed E-state index contributed by atoms with van der Waals surface area (Å²) in [6, 6.07) is 74.6. The van der Waals surface area contributed by atoms with Crippen LogP contribution in [0.3, 0.4) is 0 Å². The van der Waals surface area contributed by atoms with Crippen molar-refractivity contribution < 1.29 is 4.42 Å². The highest BCUT2D eigenvalue weighted by Gasteiger charge is 2.38. The van der Waals surface area contributed by atoms with Gasteiger partial charge in [-0.05, 0) is 131 Å². The number of aromatic nitrogens is 1. The number of hydrogen-bond donors (Lipinski definition) is 0. The molecule has 9 aromatic carbocycles. The van der Waals surface area contributed by atoms with Gasteiger partial charge in [0, 0.05) is 44.6 Å². The van der Waals surface area contributed by atoms with Crippen LogP contribution in [0.4, 0.5) is 34.1 Å². The molecule has 0 unspecified atom stereocenters. The Labute approximate surface area is 364 Å². The van der Waals surface area contributed by atoms with E-state index >= 15 is 0 Å². The Bertz CT molecular complexity index is 3530. The van der Waals surface area contributed by atoms with Gasteiger partial charge in [-0.25, -0.2) is 0 Å². The molecule has 0 bridgehead atoms. The number of benzene rings is 9. The Morgan fingerprint density at radius 1 is 0.429 bits per heavy atom. The van der Waals surface area contributed by atoms with Crippen LogP contribution in [-0.2, 0) is 5.41 Å². The normalized spacial score (nSPS) is 13.1. The van der Waals surface area contributed by atoms with E-state index in [2.05, 4.69) is 198 Å². The minimum atomic E-state index is -0.385. The molecule has 1 aliphatic rings. The van der Waals surface area contributed by atoms with Gasteiger partial charge >= 0.3 is 0 Å². The van der Waals surface area contributed by atoms with Gasteiger partial charge in [0.25, 0.3) is 0 Å². The van der Waals surface area contributed by atoms with Gasteiger partial charge in [-0.2, -0.15) is 0 Å². The fourth-order valence-corrected chi connectivity index (χ4v) is 9.86. The molecule has 300 valence electrons. The third-order valence-corrected chi connectivity index (χ3v) is 13.0. The van der Waals surface area contributed by atoms with Gasteiger partial charge in [-0.1, -0.05) is 117 Å². The average molecular weight is 812 g/mol. The van der Waals surface area contributed by atoms with E-state index in [9.17, 15) is 4.79 Å². The van der Waals surface area contributed by atoms with Crippen molar-refractivity contribution in [1.82, 2.24) is 4.57 Å².